The third kappa shape index (κ3) is 5.67. The summed E-state index contributed by atoms with van der Waals surface area (Å²) in [5.74, 6) is 5.52. The van der Waals surface area contributed by atoms with Crippen LogP contribution in [0.4, 0.5) is 17.1 Å². The van der Waals surface area contributed by atoms with E-state index in [9.17, 15) is 0 Å². The Balaban J connectivity index is 0.985. The predicted octanol–water partition coefficient (Wildman–Crippen LogP) is 15.5. The van der Waals surface area contributed by atoms with Gasteiger partial charge in [-0.2, -0.15) is 0 Å². The Morgan fingerprint density at radius 2 is 1.10 bits per heavy atom. The van der Waals surface area contributed by atoms with Crippen molar-refractivity contribution < 1.29 is 0 Å². The van der Waals surface area contributed by atoms with Crippen LogP contribution in [0.3, 0.4) is 0 Å². The van der Waals surface area contributed by atoms with Crippen LogP contribution in [0.15, 0.2) is 146 Å². The molecule has 0 amide bonds. The summed E-state index contributed by atoms with van der Waals surface area (Å²) < 4.78 is 0. The number of para-hydroxylation sites is 1. The molecule has 4 fully saturated rings. The maximum atomic E-state index is 5.59. The Morgan fingerprint density at radius 1 is 0.583 bits per heavy atom. The van der Waals surface area contributed by atoms with E-state index in [1.165, 1.54) is 99.7 Å². The number of hydrogen-bond donors (Lipinski definition) is 0. The number of fused-ring (bicyclic) bond motifs is 6. The van der Waals surface area contributed by atoms with Gasteiger partial charge >= 0.3 is 0 Å². The second kappa shape index (κ2) is 13.6. The van der Waals surface area contributed by atoms with Crippen molar-refractivity contribution in [3.8, 4) is 45.7 Å². The largest absolute Gasteiger partial charge is 0.310 e. The molecule has 0 radical (unpaired) electrons. The third-order valence-electron chi connectivity index (χ3n) is 15.7. The van der Waals surface area contributed by atoms with E-state index in [1.807, 2.05) is 6.08 Å². The molecule has 6 aliphatic rings. The van der Waals surface area contributed by atoms with Crippen LogP contribution in [0.25, 0.3) is 39.0 Å². The molecule has 0 aromatic heterocycles. The summed E-state index contributed by atoms with van der Waals surface area (Å²) in [7, 11) is 0. The molecular formula is C59H55N. The van der Waals surface area contributed by atoms with Crippen LogP contribution in [-0.4, -0.2) is 0 Å². The Kier molecular flexibility index (Phi) is 8.42. The lowest BCUT2D eigenvalue weighted by Crippen LogP contribution is -2.48. The monoisotopic (exact) mass is 777 g/mol. The molecule has 0 saturated heterocycles. The molecule has 6 aliphatic carbocycles. The summed E-state index contributed by atoms with van der Waals surface area (Å²) in [6.45, 7) is 11.7. The average molecular weight is 778 g/mol. The molecule has 6 aromatic carbocycles. The molecule has 4 saturated carbocycles. The molecular weight excluding hydrogens is 723 g/mol. The quantitative estimate of drug-likeness (QED) is 0.115. The lowest BCUT2D eigenvalue weighted by atomic mass is 9.48. The highest BCUT2D eigenvalue weighted by atomic mass is 15.1. The Morgan fingerprint density at radius 3 is 1.73 bits per heavy atom. The van der Waals surface area contributed by atoms with E-state index in [2.05, 4.69) is 179 Å². The lowest BCUT2D eigenvalue weighted by Gasteiger charge is -2.57. The van der Waals surface area contributed by atoms with Crippen molar-refractivity contribution in [2.24, 2.45) is 17.8 Å². The zero-order valence-electron chi connectivity index (χ0n) is 35.9. The highest BCUT2D eigenvalue weighted by molar-refractivity contribution is 5.91. The fourth-order valence-corrected chi connectivity index (χ4v) is 13.1. The van der Waals surface area contributed by atoms with Gasteiger partial charge < -0.3 is 4.90 Å². The minimum Gasteiger partial charge on any atom is -0.310 e. The molecule has 1 heteroatoms. The van der Waals surface area contributed by atoms with Gasteiger partial charge in [0.15, 0.2) is 0 Å². The summed E-state index contributed by atoms with van der Waals surface area (Å²) >= 11 is 0. The SMILES string of the molecule is C#C/C=C\C=C(/C)c1ccccc1N(c1ccc2c(c1)C(C)(C)c1ccccc1-2)c1ccc2c(c1)C(C)(C)c1cc(-c3ccc(C45CC6CC(CC(C6)C4)C5)cc3)ccc1-2. The van der Waals surface area contributed by atoms with Gasteiger partial charge in [-0.3, -0.25) is 0 Å². The lowest BCUT2D eigenvalue weighted by molar-refractivity contribution is -0.00518. The number of benzene rings is 6. The molecule has 60 heavy (non-hydrogen) atoms. The number of nitrogens with zero attached hydrogens (tertiary/aromatic N) is 1. The Labute approximate surface area is 357 Å². The van der Waals surface area contributed by atoms with Crippen molar-refractivity contribution in [3.63, 3.8) is 0 Å². The summed E-state index contributed by atoms with van der Waals surface area (Å²) in [5.41, 5.74) is 21.0. The van der Waals surface area contributed by atoms with Crippen molar-refractivity contribution in [1.82, 2.24) is 0 Å². The van der Waals surface area contributed by atoms with Crippen LogP contribution in [-0.2, 0) is 16.2 Å². The van der Waals surface area contributed by atoms with E-state index in [0.29, 0.717) is 5.41 Å². The Bertz CT molecular complexity index is 2780. The van der Waals surface area contributed by atoms with E-state index in [4.69, 9.17) is 6.42 Å². The normalized spacial score (nSPS) is 23.5. The molecule has 0 heterocycles. The fraction of sp³-hybridized carbons (Fsp3) is 0.288. The van der Waals surface area contributed by atoms with Gasteiger partial charge in [0.1, 0.15) is 0 Å². The van der Waals surface area contributed by atoms with Crippen molar-refractivity contribution in [2.45, 2.75) is 89.4 Å². The molecule has 6 aromatic rings. The number of anilines is 3. The van der Waals surface area contributed by atoms with Crippen LogP contribution in [0.1, 0.15) is 107 Å². The van der Waals surface area contributed by atoms with Gasteiger partial charge in [-0.1, -0.05) is 137 Å². The maximum absolute atomic E-state index is 5.59. The minimum absolute atomic E-state index is 0.114. The van der Waals surface area contributed by atoms with Crippen LogP contribution in [0.5, 0.6) is 0 Å². The summed E-state index contributed by atoms with van der Waals surface area (Å²) in [6, 6.07) is 49.0. The molecule has 296 valence electrons. The highest BCUT2D eigenvalue weighted by Crippen LogP contribution is 2.61. The van der Waals surface area contributed by atoms with Crippen LogP contribution < -0.4 is 4.90 Å². The zero-order chi connectivity index (χ0) is 41.0. The maximum Gasteiger partial charge on any atom is 0.0536 e. The number of terminal acetylenes is 1. The van der Waals surface area contributed by atoms with E-state index >= 15 is 0 Å². The zero-order valence-corrected chi connectivity index (χ0v) is 35.9. The van der Waals surface area contributed by atoms with E-state index in [1.54, 1.807) is 11.6 Å². The van der Waals surface area contributed by atoms with E-state index in [0.717, 1.165) is 40.4 Å². The fourth-order valence-electron chi connectivity index (χ4n) is 13.1. The molecule has 4 bridgehead atoms. The first-order chi connectivity index (χ1) is 29.0. The first-order valence-electron chi connectivity index (χ1n) is 22.4. The van der Waals surface area contributed by atoms with Gasteiger partial charge in [-0.05, 0) is 178 Å². The second-order valence-electron chi connectivity index (χ2n) is 20.0. The summed E-state index contributed by atoms with van der Waals surface area (Å²) in [4.78, 5) is 2.48. The van der Waals surface area contributed by atoms with Crippen LogP contribution in [0.2, 0.25) is 0 Å². The molecule has 0 unspecified atom stereocenters. The molecule has 0 spiro atoms. The van der Waals surface area contributed by atoms with Crippen molar-refractivity contribution in [2.75, 3.05) is 4.90 Å². The first-order valence-corrected chi connectivity index (χ1v) is 22.4. The standard InChI is InChI=1S/C59H55N/c1-7-8-9-14-38(2)47-15-11-13-18-56(47)60(45-24-27-50-48-16-10-12-17-52(48)57(3,4)54(50)33-45)46-25-28-51-49-26-21-43(32-53(49)58(5,6)55(51)34-46)42-19-22-44(23-20-42)59-35-39-29-40(36-59)31-41(30-39)37-59/h1,8-28,32-34,39-41H,29-31,35-37H2,2-6H3/b9-8-,38-14+. The molecule has 12 rings (SSSR count). The minimum atomic E-state index is -0.182. The van der Waals surface area contributed by atoms with Crippen molar-refractivity contribution in [3.05, 3.63) is 179 Å². The predicted molar refractivity (Wildman–Crippen MR) is 253 cm³/mol. The average Bonchev–Trinajstić information content (AvgIpc) is 3.62. The molecule has 0 N–H and O–H groups in total. The third-order valence-corrected chi connectivity index (χ3v) is 15.7. The van der Waals surface area contributed by atoms with Gasteiger partial charge in [-0.15, -0.1) is 6.42 Å². The van der Waals surface area contributed by atoms with Crippen LogP contribution in [0, 0.1) is 30.1 Å². The molecule has 0 aliphatic heterocycles. The van der Waals surface area contributed by atoms with Crippen molar-refractivity contribution >= 4 is 22.6 Å². The first kappa shape index (κ1) is 37.2. The van der Waals surface area contributed by atoms with Gasteiger partial charge in [0.25, 0.3) is 0 Å². The van der Waals surface area contributed by atoms with Crippen molar-refractivity contribution in [1.29, 1.82) is 0 Å². The van der Waals surface area contributed by atoms with E-state index < -0.39 is 0 Å². The number of hydrogen-bond acceptors (Lipinski definition) is 1. The second-order valence-corrected chi connectivity index (χ2v) is 20.0. The molecule has 1 nitrogen and oxygen atoms in total. The van der Waals surface area contributed by atoms with Gasteiger partial charge in [0, 0.05) is 27.8 Å². The van der Waals surface area contributed by atoms with E-state index in [-0.39, 0.29) is 10.8 Å². The number of allylic oxidation sites excluding steroid dienone is 4. The van der Waals surface area contributed by atoms with Crippen LogP contribution >= 0.6 is 0 Å². The van der Waals surface area contributed by atoms with Gasteiger partial charge in [0.2, 0.25) is 0 Å². The summed E-state index contributed by atoms with van der Waals surface area (Å²) in [5, 5.41) is 0. The molecule has 0 atom stereocenters. The topological polar surface area (TPSA) is 3.24 Å². The summed E-state index contributed by atoms with van der Waals surface area (Å²) in [6.07, 6.45) is 20.1. The number of rotatable bonds is 7. The van der Waals surface area contributed by atoms with Gasteiger partial charge in [0.05, 0.1) is 5.69 Å². The highest BCUT2D eigenvalue weighted by Gasteiger charge is 2.51. The van der Waals surface area contributed by atoms with Gasteiger partial charge in [-0.25, -0.2) is 0 Å². The smallest absolute Gasteiger partial charge is 0.0536 e. The Hall–Kier alpha value is -5.84.